The van der Waals surface area contributed by atoms with E-state index in [0.29, 0.717) is 17.2 Å². The van der Waals surface area contributed by atoms with Crippen molar-refractivity contribution < 1.29 is 23.9 Å². The van der Waals surface area contributed by atoms with Crippen molar-refractivity contribution in [2.24, 2.45) is 5.92 Å². The number of benzene rings is 1. The van der Waals surface area contributed by atoms with Crippen molar-refractivity contribution in [1.29, 1.82) is 0 Å². The first-order valence-electron chi connectivity index (χ1n) is 7.48. The van der Waals surface area contributed by atoms with Crippen LogP contribution in [0, 0.1) is 5.92 Å². The molecule has 0 bridgehead atoms. The minimum atomic E-state index is -0.631. The molecule has 0 saturated heterocycles. The summed E-state index contributed by atoms with van der Waals surface area (Å²) in [7, 11) is 0. The summed E-state index contributed by atoms with van der Waals surface area (Å²) in [6.07, 6.45) is 0. The Kier molecular flexibility index (Phi) is 7.25. The van der Waals surface area contributed by atoms with Crippen molar-refractivity contribution in [2.45, 2.75) is 33.7 Å². The summed E-state index contributed by atoms with van der Waals surface area (Å²) in [5, 5.41) is 2.74. The van der Waals surface area contributed by atoms with Crippen LogP contribution in [0.1, 0.15) is 38.1 Å². The third kappa shape index (κ3) is 6.95. The third-order valence-corrected chi connectivity index (χ3v) is 3.37. The molecule has 1 aromatic carbocycles. The molecule has 0 aromatic heterocycles. The summed E-state index contributed by atoms with van der Waals surface area (Å²) in [6.45, 7) is 6.70. The number of ether oxygens (including phenoxy) is 2. The van der Waals surface area contributed by atoms with Crippen LogP contribution in [0.15, 0.2) is 24.3 Å². The van der Waals surface area contributed by atoms with Crippen molar-refractivity contribution in [3.63, 3.8) is 0 Å². The summed E-state index contributed by atoms with van der Waals surface area (Å²) in [4.78, 5) is 34.2. The number of hydrogen-bond acceptors (Lipinski definition) is 5. The summed E-state index contributed by atoms with van der Waals surface area (Å²) in [6, 6.07) is 6.44. The second kappa shape index (κ2) is 8.92. The maximum Gasteiger partial charge on any atom is 0.344 e. The zero-order valence-corrected chi connectivity index (χ0v) is 13.9. The second-order valence-corrected chi connectivity index (χ2v) is 5.63. The van der Waals surface area contributed by atoms with Crippen molar-refractivity contribution in [3.8, 4) is 5.75 Å². The van der Waals surface area contributed by atoms with Crippen LogP contribution in [-0.2, 0) is 14.3 Å². The lowest BCUT2D eigenvalue weighted by molar-refractivity contribution is -0.150. The molecule has 126 valence electrons. The number of amides is 1. The lowest BCUT2D eigenvalue weighted by Crippen LogP contribution is -2.39. The maximum atomic E-state index is 11.6. The number of nitrogens with one attached hydrogen (secondary N) is 1. The van der Waals surface area contributed by atoms with Crippen LogP contribution in [0.25, 0.3) is 0 Å². The SMILES string of the molecule is CC(=O)c1ccc(OCC(=O)OCC(=O)N[C@@H](C)C(C)C)cc1. The van der Waals surface area contributed by atoms with Gasteiger partial charge in [-0.15, -0.1) is 0 Å². The molecule has 0 radical (unpaired) electrons. The number of ketones is 1. The van der Waals surface area contributed by atoms with Crippen molar-refractivity contribution in [3.05, 3.63) is 29.8 Å². The molecule has 1 amide bonds. The third-order valence-electron chi connectivity index (χ3n) is 3.37. The number of carbonyl (C=O) groups excluding carboxylic acids is 3. The molecule has 0 aliphatic carbocycles. The van der Waals surface area contributed by atoms with Gasteiger partial charge in [0.1, 0.15) is 5.75 Å². The van der Waals surface area contributed by atoms with Gasteiger partial charge >= 0.3 is 5.97 Å². The average molecular weight is 321 g/mol. The zero-order valence-electron chi connectivity index (χ0n) is 13.9. The van der Waals surface area contributed by atoms with Crippen LogP contribution < -0.4 is 10.1 Å². The molecule has 1 atom stereocenters. The van der Waals surface area contributed by atoms with E-state index in [1.807, 2.05) is 20.8 Å². The van der Waals surface area contributed by atoms with E-state index in [4.69, 9.17) is 9.47 Å². The van der Waals surface area contributed by atoms with Gasteiger partial charge in [-0.05, 0) is 44.0 Å². The molecule has 1 N–H and O–H groups in total. The minimum Gasteiger partial charge on any atom is -0.482 e. The van der Waals surface area contributed by atoms with Crippen molar-refractivity contribution >= 4 is 17.7 Å². The highest BCUT2D eigenvalue weighted by atomic mass is 16.6. The van der Waals surface area contributed by atoms with Crippen LogP contribution in [0.4, 0.5) is 0 Å². The van der Waals surface area contributed by atoms with Gasteiger partial charge in [0.2, 0.25) is 0 Å². The molecule has 6 nitrogen and oxygen atoms in total. The molecule has 0 spiro atoms. The molecule has 0 aliphatic heterocycles. The predicted molar refractivity (Wildman–Crippen MR) is 85.3 cm³/mol. The van der Waals surface area contributed by atoms with Gasteiger partial charge in [0, 0.05) is 11.6 Å². The molecule has 0 saturated carbocycles. The van der Waals surface area contributed by atoms with Gasteiger partial charge in [-0.2, -0.15) is 0 Å². The highest BCUT2D eigenvalue weighted by molar-refractivity contribution is 5.94. The van der Waals surface area contributed by atoms with Crippen molar-refractivity contribution in [1.82, 2.24) is 5.32 Å². The van der Waals surface area contributed by atoms with Gasteiger partial charge in [0.05, 0.1) is 0 Å². The van der Waals surface area contributed by atoms with E-state index >= 15 is 0 Å². The quantitative estimate of drug-likeness (QED) is 0.585. The standard InChI is InChI=1S/C17H23NO5/c1-11(2)12(3)18-16(20)9-23-17(21)10-22-15-7-5-14(6-8-15)13(4)19/h5-8,11-12H,9-10H2,1-4H3,(H,18,20)/t12-/m0/s1. The maximum absolute atomic E-state index is 11.6. The topological polar surface area (TPSA) is 81.7 Å². The second-order valence-electron chi connectivity index (χ2n) is 5.63. The van der Waals surface area contributed by atoms with Gasteiger partial charge in [0.25, 0.3) is 5.91 Å². The van der Waals surface area contributed by atoms with E-state index < -0.39 is 5.97 Å². The van der Waals surface area contributed by atoms with Crippen LogP contribution in [0.3, 0.4) is 0 Å². The number of hydrogen-bond donors (Lipinski definition) is 1. The lowest BCUT2D eigenvalue weighted by Gasteiger charge is -2.17. The summed E-state index contributed by atoms with van der Waals surface area (Å²) in [5.74, 6) is -0.267. The van der Waals surface area contributed by atoms with Gasteiger partial charge < -0.3 is 14.8 Å². The van der Waals surface area contributed by atoms with Crippen LogP contribution in [-0.4, -0.2) is 36.9 Å². The smallest absolute Gasteiger partial charge is 0.344 e. The summed E-state index contributed by atoms with van der Waals surface area (Å²) in [5.41, 5.74) is 0.566. The van der Waals surface area contributed by atoms with Crippen LogP contribution in [0.2, 0.25) is 0 Å². The Hall–Kier alpha value is -2.37. The summed E-state index contributed by atoms with van der Waals surface area (Å²) >= 11 is 0. The first-order chi connectivity index (χ1) is 10.8. The highest BCUT2D eigenvalue weighted by Crippen LogP contribution is 2.12. The first kappa shape index (κ1) is 18.7. The van der Waals surface area contributed by atoms with Crippen molar-refractivity contribution in [2.75, 3.05) is 13.2 Å². The van der Waals surface area contributed by atoms with Gasteiger partial charge in [0.15, 0.2) is 19.0 Å². The molecule has 0 aliphatic rings. The molecule has 23 heavy (non-hydrogen) atoms. The van der Waals surface area contributed by atoms with Gasteiger partial charge in [-0.1, -0.05) is 13.8 Å². The summed E-state index contributed by atoms with van der Waals surface area (Å²) < 4.78 is 10.1. The number of carbonyl (C=O) groups is 3. The van der Waals surface area contributed by atoms with E-state index in [9.17, 15) is 14.4 Å². The fraction of sp³-hybridized carbons (Fsp3) is 0.471. The molecular weight excluding hydrogens is 298 g/mol. The van der Waals surface area contributed by atoms with E-state index in [-0.39, 0.29) is 30.9 Å². The average Bonchev–Trinajstić information content (AvgIpc) is 2.51. The molecular formula is C17H23NO5. The molecule has 1 aromatic rings. The fourth-order valence-electron chi connectivity index (χ4n) is 1.58. The number of rotatable bonds is 8. The van der Waals surface area contributed by atoms with E-state index in [2.05, 4.69) is 5.32 Å². The first-order valence-corrected chi connectivity index (χ1v) is 7.48. The van der Waals surface area contributed by atoms with E-state index in [1.54, 1.807) is 24.3 Å². The highest BCUT2D eigenvalue weighted by Gasteiger charge is 2.13. The molecule has 0 unspecified atom stereocenters. The number of Topliss-reactive ketones (excluding diaryl/α,β-unsaturated/α-hetero) is 1. The van der Waals surface area contributed by atoms with Gasteiger partial charge in [-0.3, -0.25) is 9.59 Å². The largest absolute Gasteiger partial charge is 0.482 e. The normalized spacial score (nSPS) is 11.7. The monoisotopic (exact) mass is 321 g/mol. The van der Waals surface area contributed by atoms with Crippen LogP contribution in [0.5, 0.6) is 5.75 Å². The predicted octanol–water partition coefficient (Wildman–Crippen LogP) is 1.97. The molecule has 0 heterocycles. The zero-order chi connectivity index (χ0) is 17.4. The Morgan fingerprint density at radius 2 is 1.65 bits per heavy atom. The minimum absolute atomic E-state index is 0.0113. The Morgan fingerprint density at radius 3 is 2.17 bits per heavy atom. The Bertz CT molecular complexity index is 551. The Morgan fingerprint density at radius 1 is 1.04 bits per heavy atom. The van der Waals surface area contributed by atoms with E-state index in [1.165, 1.54) is 6.92 Å². The number of esters is 1. The Labute approximate surface area is 136 Å². The molecule has 1 rings (SSSR count). The lowest BCUT2D eigenvalue weighted by atomic mass is 10.1. The molecule has 0 fully saturated rings. The van der Waals surface area contributed by atoms with Gasteiger partial charge in [-0.25, -0.2) is 4.79 Å². The fourth-order valence-corrected chi connectivity index (χ4v) is 1.58. The van der Waals surface area contributed by atoms with Crippen LogP contribution >= 0.6 is 0 Å². The Balaban J connectivity index is 2.31. The molecule has 6 heteroatoms. The van der Waals surface area contributed by atoms with E-state index in [0.717, 1.165) is 0 Å².